The molecule has 0 aliphatic carbocycles. The Kier molecular flexibility index (Phi) is 4.53. The largest absolute Gasteiger partial charge is 0.351 e. The van der Waals surface area contributed by atoms with E-state index in [2.05, 4.69) is 5.32 Å². The molecule has 1 amide bonds. The second-order valence-electron chi connectivity index (χ2n) is 4.08. The van der Waals surface area contributed by atoms with Crippen molar-refractivity contribution in [2.75, 3.05) is 5.88 Å². The molecule has 0 aromatic heterocycles. The number of nitrogens with one attached hydrogen (secondary N) is 1. The molecule has 0 spiro atoms. The van der Waals surface area contributed by atoms with Crippen molar-refractivity contribution >= 4 is 17.5 Å². The molecule has 0 heterocycles. The molecule has 2 aromatic carbocycles. The first-order valence-electron chi connectivity index (χ1n) is 5.87. The highest BCUT2D eigenvalue weighted by molar-refractivity contribution is 6.27. The van der Waals surface area contributed by atoms with Crippen LogP contribution >= 0.6 is 11.6 Å². The van der Waals surface area contributed by atoms with Crippen LogP contribution in [0.1, 0.15) is 5.56 Å². The lowest BCUT2D eigenvalue weighted by molar-refractivity contribution is -0.118. The Morgan fingerprint density at radius 3 is 2.47 bits per heavy atom. The van der Waals surface area contributed by atoms with Gasteiger partial charge >= 0.3 is 0 Å². The van der Waals surface area contributed by atoms with Crippen LogP contribution in [0.3, 0.4) is 0 Å². The molecule has 0 atom stereocenters. The first-order chi connectivity index (χ1) is 9.20. The van der Waals surface area contributed by atoms with Gasteiger partial charge in [-0.2, -0.15) is 0 Å². The Bertz CT molecular complexity index is 572. The summed E-state index contributed by atoms with van der Waals surface area (Å²) in [6, 6.07) is 14.5. The van der Waals surface area contributed by atoms with Gasteiger partial charge in [0.1, 0.15) is 11.7 Å². The van der Waals surface area contributed by atoms with E-state index in [1.807, 2.05) is 36.4 Å². The third-order valence-corrected chi connectivity index (χ3v) is 3.00. The van der Waals surface area contributed by atoms with Crippen molar-refractivity contribution in [3.63, 3.8) is 0 Å². The van der Waals surface area contributed by atoms with Crippen LogP contribution in [0.2, 0.25) is 0 Å². The van der Waals surface area contributed by atoms with Gasteiger partial charge in [-0.3, -0.25) is 4.79 Å². The van der Waals surface area contributed by atoms with E-state index in [1.165, 1.54) is 6.07 Å². The summed E-state index contributed by atoms with van der Waals surface area (Å²) in [5, 5.41) is 2.54. The molecule has 2 nitrogen and oxygen atoms in total. The van der Waals surface area contributed by atoms with E-state index >= 15 is 0 Å². The van der Waals surface area contributed by atoms with Crippen molar-refractivity contribution < 1.29 is 9.18 Å². The minimum Gasteiger partial charge on any atom is -0.351 e. The molecule has 0 aliphatic rings. The summed E-state index contributed by atoms with van der Waals surface area (Å²) in [5.74, 6) is -0.770. The maximum Gasteiger partial charge on any atom is 0.235 e. The molecule has 2 rings (SSSR count). The fourth-order valence-electron chi connectivity index (χ4n) is 1.74. The lowest BCUT2D eigenvalue weighted by Gasteiger charge is -2.07. The van der Waals surface area contributed by atoms with Gasteiger partial charge in [-0.25, -0.2) is 4.39 Å². The minimum absolute atomic E-state index is 0.121. The summed E-state index contributed by atoms with van der Waals surface area (Å²) in [6.07, 6.45) is 0. The summed E-state index contributed by atoms with van der Waals surface area (Å²) in [4.78, 5) is 11.0. The number of benzene rings is 2. The fourth-order valence-corrected chi connectivity index (χ4v) is 1.84. The lowest BCUT2D eigenvalue weighted by atomic mass is 10.0. The van der Waals surface area contributed by atoms with Crippen LogP contribution in [0.5, 0.6) is 0 Å². The van der Waals surface area contributed by atoms with E-state index in [9.17, 15) is 9.18 Å². The van der Waals surface area contributed by atoms with Crippen LogP contribution in [0, 0.1) is 5.82 Å². The molecule has 98 valence electrons. The minimum atomic E-state index is -0.337. The SMILES string of the molecule is O=C(CCl)NCc1ccc(-c2ccccc2)cc1F. The second kappa shape index (κ2) is 6.34. The van der Waals surface area contributed by atoms with Crippen molar-refractivity contribution in [2.45, 2.75) is 6.54 Å². The Hall–Kier alpha value is -1.87. The quantitative estimate of drug-likeness (QED) is 0.853. The molecule has 0 radical (unpaired) electrons. The topological polar surface area (TPSA) is 29.1 Å². The molecule has 2 aromatic rings. The molecule has 0 aliphatic heterocycles. The molecule has 0 fully saturated rings. The Morgan fingerprint density at radius 2 is 1.84 bits per heavy atom. The molecule has 1 N–H and O–H groups in total. The summed E-state index contributed by atoms with van der Waals surface area (Å²) in [7, 11) is 0. The molecule has 0 saturated carbocycles. The Labute approximate surface area is 116 Å². The molecular formula is C15H13ClFNO. The van der Waals surface area contributed by atoms with Crippen molar-refractivity contribution in [1.82, 2.24) is 5.32 Å². The van der Waals surface area contributed by atoms with Crippen LogP contribution in [-0.4, -0.2) is 11.8 Å². The van der Waals surface area contributed by atoms with Crippen molar-refractivity contribution in [2.24, 2.45) is 0 Å². The predicted octanol–water partition coefficient (Wildman–Crippen LogP) is 3.35. The van der Waals surface area contributed by atoms with Gasteiger partial charge in [0.15, 0.2) is 0 Å². The summed E-state index contributed by atoms with van der Waals surface area (Å²) >= 11 is 5.36. The van der Waals surface area contributed by atoms with Crippen LogP contribution in [0.25, 0.3) is 11.1 Å². The third-order valence-electron chi connectivity index (χ3n) is 2.76. The van der Waals surface area contributed by atoms with Crippen LogP contribution in [0.4, 0.5) is 4.39 Å². The van der Waals surface area contributed by atoms with Crippen molar-refractivity contribution in [3.8, 4) is 11.1 Å². The van der Waals surface area contributed by atoms with Gasteiger partial charge in [-0.1, -0.05) is 42.5 Å². The number of hydrogen-bond donors (Lipinski definition) is 1. The zero-order chi connectivity index (χ0) is 13.7. The number of rotatable bonds is 4. The molecular weight excluding hydrogens is 265 g/mol. The number of carbonyl (C=O) groups is 1. The van der Waals surface area contributed by atoms with E-state index in [0.717, 1.165) is 11.1 Å². The molecule has 0 unspecified atom stereocenters. The van der Waals surface area contributed by atoms with Crippen molar-refractivity contribution in [3.05, 3.63) is 59.9 Å². The Morgan fingerprint density at radius 1 is 1.11 bits per heavy atom. The van der Waals surface area contributed by atoms with Gasteiger partial charge in [-0.05, 0) is 17.2 Å². The van der Waals surface area contributed by atoms with Crippen LogP contribution in [-0.2, 0) is 11.3 Å². The van der Waals surface area contributed by atoms with E-state index in [0.29, 0.717) is 5.56 Å². The lowest BCUT2D eigenvalue weighted by Crippen LogP contribution is -2.24. The molecule has 0 bridgehead atoms. The third kappa shape index (κ3) is 3.55. The number of alkyl halides is 1. The summed E-state index contributed by atoms with van der Waals surface area (Å²) in [5.41, 5.74) is 2.21. The maximum absolute atomic E-state index is 13.9. The standard InChI is InChI=1S/C15H13ClFNO/c16-9-15(19)18-10-13-7-6-12(8-14(13)17)11-4-2-1-3-5-11/h1-8H,9-10H2,(H,18,19). The van der Waals surface area contributed by atoms with Crippen LogP contribution < -0.4 is 5.32 Å². The number of amides is 1. The van der Waals surface area contributed by atoms with Gasteiger partial charge in [0.25, 0.3) is 0 Å². The van der Waals surface area contributed by atoms with Crippen molar-refractivity contribution in [1.29, 1.82) is 0 Å². The average molecular weight is 278 g/mol. The summed E-state index contributed by atoms with van der Waals surface area (Å²) < 4.78 is 13.9. The second-order valence-corrected chi connectivity index (χ2v) is 4.35. The average Bonchev–Trinajstić information content (AvgIpc) is 2.46. The monoisotopic (exact) mass is 277 g/mol. The van der Waals surface area contributed by atoms with Gasteiger partial charge in [0, 0.05) is 12.1 Å². The van der Waals surface area contributed by atoms with E-state index < -0.39 is 0 Å². The summed E-state index contributed by atoms with van der Waals surface area (Å²) in [6.45, 7) is 0.145. The molecule has 0 saturated heterocycles. The highest BCUT2D eigenvalue weighted by atomic mass is 35.5. The van der Waals surface area contributed by atoms with E-state index in [-0.39, 0.29) is 24.1 Å². The normalized spacial score (nSPS) is 10.2. The number of hydrogen-bond acceptors (Lipinski definition) is 1. The van der Waals surface area contributed by atoms with Gasteiger partial charge in [-0.15, -0.1) is 11.6 Å². The highest BCUT2D eigenvalue weighted by Crippen LogP contribution is 2.21. The first kappa shape index (κ1) is 13.6. The first-order valence-corrected chi connectivity index (χ1v) is 6.40. The number of carbonyl (C=O) groups excluding carboxylic acids is 1. The van der Waals surface area contributed by atoms with E-state index in [4.69, 9.17) is 11.6 Å². The maximum atomic E-state index is 13.9. The fraction of sp³-hybridized carbons (Fsp3) is 0.133. The van der Waals surface area contributed by atoms with Crippen LogP contribution in [0.15, 0.2) is 48.5 Å². The van der Waals surface area contributed by atoms with E-state index in [1.54, 1.807) is 6.07 Å². The Balaban J connectivity index is 2.16. The smallest absolute Gasteiger partial charge is 0.235 e. The molecule has 4 heteroatoms. The zero-order valence-corrected chi connectivity index (χ0v) is 11.0. The van der Waals surface area contributed by atoms with Gasteiger partial charge in [0.2, 0.25) is 5.91 Å². The van der Waals surface area contributed by atoms with Gasteiger partial charge in [0.05, 0.1) is 0 Å². The predicted molar refractivity (Wildman–Crippen MR) is 74.4 cm³/mol. The van der Waals surface area contributed by atoms with Gasteiger partial charge < -0.3 is 5.32 Å². The molecule has 19 heavy (non-hydrogen) atoms. The number of halogens is 2. The zero-order valence-electron chi connectivity index (χ0n) is 10.2. The highest BCUT2D eigenvalue weighted by Gasteiger charge is 2.06.